The fourth-order valence-corrected chi connectivity index (χ4v) is 0.0625. The van der Waals surface area contributed by atoms with Crippen molar-refractivity contribution in [2.75, 3.05) is 0 Å². The molecule has 0 radical (unpaired) electrons. The summed E-state index contributed by atoms with van der Waals surface area (Å²) in [5, 5.41) is 0. The SMILES string of the molecule is [C-]#CC#CC. The molecule has 5 heavy (non-hydrogen) atoms. The van der Waals surface area contributed by atoms with Gasteiger partial charge in [0, 0.05) is 0 Å². The van der Waals surface area contributed by atoms with Gasteiger partial charge in [-0.15, -0.1) is 0 Å². The Balaban J connectivity index is 3.30. The normalized spacial score (nSPS) is 3.20. The van der Waals surface area contributed by atoms with Crippen LogP contribution in [0, 0.1) is 24.2 Å². The molecule has 0 spiro atoms. The second-order valence-electron chi connectivity index (χ2n) is 0.500. The molecule has 0 amide bonds. The predicted octanol–water partition coefficient (Wildman–Crippen LogP) is 0.599. The molecule has 0 aliphatic rings. The number of hydrogen-bond acceptors (Lipinski definition) is 0. The molecule has 0 N–H and O–H groups in total. The summed E-state index contributed by atoms with van der Waals surface area (Å²) in [7, 11) is 0. The highest BCUT2D eigenvalue weighted by Gasteiger charge is 1.18. The van der Waals surface area contributed by atoms with E-state index in [0.29, 0.717) is 0 Å². The molecule has 0 aliphatic heterocycles. The average molecular weight is 63.1 g/mol. The van der Waals surface area contributed by atoms with Crippen LogP contribution < -0.4 is 0 Å². The molecular formula is C5H3-. The van der Waals surface area contributed by atoms with Crippen molar-refractivity contribution in [3.05, 3.63) is 6.42 Å². The minimum absolute atomic E-state index is 1.67. The second kappa shape index (κ2) is 3.12. The van der Waals surface area contributed by atoms with E-state index >= 15 is 0 Å². The molecule has 0 saturated heterocycles. The first-order valence-corrected chi connectivity index (χ1v) is 1.25. The van der Waals surface area contributed by atoms with Gasteiger partial charge in [0.25, 0.3) is 0 Å². The average Bonchev–Trinajstić information content (AvgIpc) is 1.41. The van der Waals surface area contributed by atoms with Crippen LogP contribution in [0.3, 0.4) is 0 Å². The monoisotopic (exact) mass is 63.0 g/mol. The zero-order chi connectivity index (χ0) is 4.12. The highest BCUT2D eigenvalue weighted by atomic mass is 13.4. The minimum atomic E-state index is 1.67. The van der Waals surface area contributed by atoms with E-state index in [9.17, 15) is 0 Å². The van der Waals surface area contributed by atoms with Gasteiger partial charge in [0.1, 0.15) is 0 Å². The highest BCUT2D eigenvalue weighted by Crippen LogP contribution is 1.41. The summed E-state index contributed by atoms with van der Waals surface area (Å²) in [5.74, 6) is 6.65. The molecule has 0 aromatic heterocycles. The summed E-state index contributed by atoms with van der Waals surface area (Å²) in [6, 6.07) is 0. The molecule has 0 nitrogen and oxygen atoms in total. The summed E-state index contributed by atoms with van der Waals surface area (Å²) in [6.07, 6.45) is 6.18. The van der Waals surface area contributed by atoms with Gasteiger partial charge in [-0.3, -0.25) is 11.8 Å². The van der Waals surface area contributed by atoms with Crippen molar-refractivity contribution in [3.63, 3.8) is 0 Å². The van der Waals surface area contributed by atoms with Crippen LogP contribution in [0.15, 0.2) is 0 Å². The van der Waals surface area contributed by atoms with Gasteiger partial charge in [-0.25, -0.2) is 5.92 Å². The summed E-state index contributed by atoms with van der Waals surface area (Å²) < 4.78 is 0. The van der Waals surface area contributed by atoms with Crippen LogP contribution in [0.1, 0.15) is 6.92 Å². The third kappa shape index (κ3) is 3.12. The lowest BCUT2D eigenvalue weighted by Crippen LogP contribution is -1.36. The van der Waals surface area contributed by atoms with Gasteiger partial charge in [0.05, 0.1) is 0 Å². The Morgan fingerprint density at radius 2 is 2.20 bits per heavy atom. The van der Waals surface area contributed by atoms with Crippen LogP contribution in [0.5, 0.6) is 0 Å². The molecule has 0 bridgehead atoms. The molecule has 0 fully saturated rings. The van der Waals surface area contributed by atoms with Gasteiger partial charge in [-0.2, -0.15) is 0 Å². The van der Waals surface area contributed by atoms with Crippen molar-refractivity contribution in [3.8, 4) is 17.8 Å². The van der Waals surface area contributed by atoms with Gasteiger partial charge in [-0.1, -0.05) is 0 Å². The summed E-state index contributed by atoms with van der Waals surface area (Å²) in [4.78, 5) is 0. The first-order chi connectivity index (χ1) is 2.41. The van der Waals surface area contributed by atoms with E-state index in [1.165, 1.54) is 0 Å². The van der Waals surface area contributed by atoms with E-state index in [4.69, 9.17) is 6.42 Å². The van der Waals surface area contributed by atoms with Crippen molar-refractivity contribution < 1.29 is 0 Å². The first kappa shape index (κ1) is 4.12. The van der Waals surface area contributed by atoms with E-state index in [2.05, 4.69) is 11.8 Å². The predicted molar refractivity (Wildman–Crippen MR) is 20.6 cm³/mol. The number of hydrogen-bond donors (Lipinski definition) is 0. The summed E-state index contributed by atoms with van der Waals surface area (Å²) in [5.41, 5.74) is 0. The molecule has 0 aromatic rings. The fourth-order valence-electron chi connectivity index (χ4n) is 0.0625. The van der Waals surface area contributed by atoms with E-state index < -0.39 is 0 Å². The van der Waals surface area contributed by atoms with Crippen molar-refractivity contribution >= 4 is 0 Å². The van der Waals surface area contributed by atoms with Crippen LogP contribution in [0.4, 0.5) is 0 Å². The third-order valence-corrected chi connectivity index (χ3v) is 0.188. The Hall–Kier alpha value is -0.880. The molecule has 0 unspecified atom stereocenters. The molecule has 0 rings (SSSR count). The van der Waals surface area contributed by atoms with E-state index in [1.807, 2.05) is 5.92 Å². The fraction of sp³-hybridized carbons (Fsp3) is 0.200. The van der Waals surface area contributed by atoms with Gasteiger partial charge in [0.15, 0.2) is 0 Å². The topological polar surface area (TPSA) is 0 Å². The van der Waals surface area contributed by atoms with Crippen molar-refractivity contribution in [1.29, 1.82) is 0 Å². The molecule has 0 atom stereocenters. The minimum Gasteiger partial charge on any atom is -0.358 e. The van der Waals surface area contributed by atoms with Gasteiger partial charge in [-0.05, 0) is 6.92 Å². The Labute approximate surface area is 32.2 Å². The van der Waals surface area contributed by atoms with Gasteiger partial charge in [0.2, 0.25) is 0 Å². The largest absolute Gasteiger partial charge is 0.358 e. The molecule has 0 aromatic carbocycles. The van der Waals surface area contributed by atoms with Gasteiger partial charge >= 0.3 is 0 Å². The lowest BCUT2D eigenvalue weighted by Gasteiger charge is -1.61. The van der Waals surface area contributed by atoms with E-state index in [1.54, 1.807) is 6.92 Å². The maximum atomic E-state index is 6.18. The maximum Gasteiger partial charge on any atom is -0.0221 e. The smallest absolute Gasteiger partial charge is 0.0221 e. The molecular weight excluding hydrogens is 60.1 g/mol. The van der Waals surface area contributed by atoms with Crippen LogP contribution in [-0.2, 0) is 0 Å². The lowest BCUT2D eigenvalue weighted by atomic mass is 10.6. The molecule has 0 heteroatoms. The zero-order valence-corrected chi connectivity index (χ0v) is 3.00. The molecule has 0 aliphatic carbocycles. The third-order valence-electron chi connectivity index (χ3n) is 0.188. The molecule has 24 valence electrons. The maximum absolute atomic E-state index is 6.18. The highest BCUT2D eigenvalue weighted by molar-refractivity contribution is 5.17. The van der Waals surface area contributed by atoms with Crippen LogP contribution >= 0.6 is 0 Å². The standard InChI is InChI=1S/C5H3/c1-3-5-4-2/h1H3/q-1. The summed E-state index contributed by atoms with van der Waals surface area (Å²) >= 11 is 0. The quantitative estimate of drug-likeness (QED) is 0.285. The second-order valence-corrected chi connectivity index (χ2v) is 0.500. The van der Waals surface area contributed by atoms with Crippen molar-refractivity contribution in [2.45, 2.75) is 6.92 Å². The van der Waals surface area contributed by atoms with Crippen molar-refractivity contribution in [1.82, 2.24) is 0 Å². The zero-order valence-electron chi connectivity index (χ0n) is 3.00. The lowest BCUT2D eigenvalue weighted by molar-refractivity contribution is 1.92. The Morgan fingerprint density at radius 1 is 1.60 bits per heavy atom. The first-order valence-electron chi connectivity index (χ1n) is 1.25. The summed E-state index contributed by atoms with van der Waals surface area (Å²) in [6.45, 7) is 1.67. The number of rotatable bonds is 0. The molecule has 0 saturated carbocycles. The Morgan fingerprint density at radius 3 is 2.20 bits per heavy atom. The van der Waals surface area contributed by atoms with Crippen molar-refractivity contribution in [2.24, 2.45) is 0 Å². The van der Waals surface area contributed by atoms with E-state index in [-0.39, 0.29) is 0 Å². The Bertz CT molecular complexity index is 93.4. The van der Waals surface area contributed by atoms with Crippen LogP contribution in [-0.4, -0.2) is 0 Å². The molecule has 0 heterocycles. The Kier molecular flexibility index (Phi) is 2.57. The van der Waals surface area contributed by atoms with Crippen LogP contribution in [0.25, 0.3) is 0 Å². The van der Waals surface area contributed by atoms with Gasteiger partial charge < -0.3 is 6.42 Å². The van der Waals surface area contributed by atoms with E-state index in [0.717, 1.165) is 0 Å². The van der Waals surface area contributed by atoms with Crippen LogP contribution in [0.2, 0.25) is 0 Å².